The number of nitrogens with one attached hydrogen (secondary N) is 1. The molecular formula is C6H15NO2S. The molecule has 0 aliphatic heterocycles. The lowest BCUT2D eigenvalue weighted by Crippen LogP contribution is -2.23. The zero-order valence-corrected chi connectivity index (χ0v) is 7.53. The van der Waals surface area contributed by atoms with Crippen molar-refractivity contribution in [1.29, 1.82) is 0 Å². The van der Waals surface area contributed by atoms with Crippen LogP contribution in [0.25, 0.3) is 0 Å². The van der Waals surface area contributed by atoms with Crippen LogP contribution in [0.3, 0.4) is 0 Å². The van der Waals surface area contributed by atoms with E-state index in [0.29, 0.717) is 6.42 Å². The molecule has 0 saturated carbocycles. The van der Waals surface area contributed by atoms with Crippen LogP contribution >= 0.6 is 0 Å². The topological polar surface area (TPSA) is 46.2 Å². The quantitative estimate of drug-likeness (QED) is 0.639. The van der Waals surface area contributed by atoms with Crippen molar-refractivity contribution in [2.45, 2.75) is 19.4 Å². The number of rotatable bonds is 4. The van der Waals surface area contributed by atoms with Gasteiger partial charge in [-0.2, -0.15) is 0 Å². The highest BCUT2D eigenvalue weighted by Gasteiger charge is 2.04. The van der Waals surface area contributed by atoms with E-state index < -0.39 is 9.84 Å². The van der Waals surface area contributed by atoms with Gasteiger partial charge in [-0.05, 0) is 20.4 Å². The first-order chi connectivity index (χ1) is 4.45. The van der Waals surface area contributed by atoms with Crippen molar-refractivity contribution in [2.24, 2.45) is 0 Å². The summed E-state index contributed by atoms with van der Waals surface area (Å²) in [6.07, 6.45) is 1.95. The van der Waals surface area contributed by atoms with E-state index in [1.165, 1.54) is 6.26 Å². The van der Waals surface area contributed by atoms with Gasteiger partial charge in [-0.25, -0.2) is 8.42 Å². The summed E-state index contributed by atoms with van der Waals surface area (Å²) in [5.74, 6) is 0.273. The highest BCUT2D eigenvalue weighted by Crippen LogP contribution is 1.93. The molecule has 0 amide bonds. The zero-order chi connectivity index (χ0) is 8.20. The van der Waals surface area contributed by atoms with Crippen molar-refractivity contribution < 1.29 is 8.42 Å². The fourth-order valence-corrected chi connectivity index (χ4v) is 1.32. The summed E-state index contributed by atoms with van der Waals surface area (Å²) in [6, 6.07) is 0.287. The summed E-state index contributed by atoms with van der Waals surface area (Å²) < 4.78 is 21.2. The van der Waals surface area contributed by atoms with Crippen LogP contribution in [0, 0.1) is 0 Å². The molecule has 0 aliphatic carbocycles. The maximum Gasteiger partial charge on any atom is 0.147 e. The predicted octanol–water partition coefficient (Wildman–Crippen LogP) is 0.0290. The van der Waals surface area contributed by atoms with Gasteiger partial charge >= 0.3 is 0 Å². The minimum Gasteiger partial charge on any atom is -0.317 e. The molecule has 0 bridgehead atoms. The van der Waals surface area contributed by atoms with Crippen LogP contribution in [0.5, 0.6) is 0 Å². The highest BCUT2D eigenvalue weighted by atomic mass is 32.2. The normalized spacial score (nSPS) is 15.1. The van der Waals surface area contributed by atoms with Crippen LogP contribution in [-0.4, -0.2) is 33.5 Å². The van der Waals surface area contributed by atoms with Crippen molar-refractivity contribution in [3.05, 3.63) is 0 Å². The molecule has 0 fully saturated rings. The predicted molar refractivity (Wildman–Crippen MR) is 42.8 cm³/mol. The lowest BCUT2D eigenvalue weighted by molar-refractivity contribution is 0.569. The van der Waals surface area contributed by atoms with Gasteiger partial charge in [-0.15, -0.1) is 0 Å². The van der Waals surface area contributed by atoms with E-state index in [4.69, 9.17) is 0 Å². The third-order valence-corrected chi connectivity index (χ3v) is 2.39. The summed E-state index contributed by atoms with van der Waals surface area (Å²) in [6.45, 7) is 1.96. The molecule has 0 aromatic heterocycles. The maximum absolute atomic E-state index is 10.6. The first-order valence-corrected chi connectivity index (χ1v) is 5.37. The van der Waals surface area contributed by atoms with E-state index in [-0.39, 0.29) is 11.8 Å². The molecule has 1 unspecified atom stereocenters. The Kier molecular flexibility index (Phi) is 3.89. The van der Waals surface area contributed by atoms with Gasteiger partial charge < -0.3 is 5.32 Å². The van der Waals surface area contributed by atoms with Gasteiger partial charge in [0.15, 0.2) is 0 Å². The second-order valence-electron chi connectivity index (χ2n) is 2.61. The molecule has 62 valence electrons. The molecular weight excluding hydrogens is 150 g/mol. The molecule has 1 N–H and O–H groups in total. The van der Waals surface area contributed by atoms with Crippen LogP contribution in [-0.2, 0) is 9.84 Å². The van der Waals surface area contributed by atoms with Crippen LogP contribution in [0.1, 0.15) is 13.3 Å². The Hall–Kier alpha value is -0.0900. The zero-order valence-electron chi connectivity index (χ0n) is 6.72. The summed E-state index contributed by atoms with van der Waals surface area (Å²) in [7, 11) is -0.943. The van der Waals surface area contributed by atoms with Gasteiger partial charge in [0.2, 0.25) is 0 Å². The van der Waals surface area contributed by atoms with Crippen molar-refractivity contribution in [2.75, 3.05) is 19.1 Å². The monoisotopic (exact) mass is 165 g/mol. The van der Waals surface area contributed by atoms with Crippen molar-refractivity contribution in [3.8, 4) is 0 Å². The SMILES string of the molecule is CNC(C)CCS(C)(=O)=O. The van der Waals surface area contributed by atoms with E-state index in [2.05, 4.69) is 5.32 Å². The van der Waals surface area contributed by atoms with E-state index in [9.17, 15) is 8.42 Å². The minimum atomic E-state index is -2.77. The van der Waals surface area contributed by atoms with Crippen LogP contribution in [0.15, 0.2) is 0 Å². The molecule has 10 heavy (non-hydrogen) atoms. The Morgan fingerprint density at radius 3 is 2.30 bits per heavy atom. The number of hydrogen-bond acceptors (Lipinski definition) is 3. The Balaban J connectivity index is 3.56. The number of sulfone groups is 1. The molecule has 0 aliphatic rings. The fourth-order valence-electron chi connectivity index (χ4n) is 0.535. The standard InChI is InChI=1S/C6H15NO2S/c1-6(7-2)4-5-10(3,8)9/h6-7H,4-5H2,1-3H3. The van der Waals surface area contributed by atoms with E-state index in [1.54, 1.807) is 0 Å². The summed E-state index contributed by atoms with van der Waals surface area (Å²) in [5, 5.41) is 2.97. The van der Waals surface area contributed by atoms with Crippen molar-refractivity contribution in [3.63, 3.8) is 0 Å². The third kappa shape index (κ3) is 6.04. The second kappa shape index (κ2) is 3.93. The largest absolute Gasteiger partial charge is 0.317 e. The van der Waals surface area contributed by atoms with Gasteiger partial charge in [0.1, 0.15) is 9.84 Å². The molecule has 0 aromatic rings. The lowest BCUT2D eigenvalue weighted by Gasteiger charge is -2.07. The highest BCUT2D eigenvalue weighted by molar-refractivity contribution is 7.90. The van der Waals surface area contributed by atoms with E-state index in [0.717, 1.165) is 0 Å². The minimum absolute atomic E-state index is 0.273. The van der Waals surface area contributed by atoms with Gasteiger partial charge in [-0.3, -0.25) is 0 Å². The molecule has 0 aromatic carbocycles. The van der Waals surface area contributed by atoms with Crippen molar-refractivity contribution in [1.82, 2.24) is 5.32 Å². The maximum atomic E-state index is 10.6. The average Bonchev–Trinajstić information content (AvgIpc) is 1.81. The summed E-state index contributed by atoms with van der Waals surface area (Å²) >= 11 is 0. The van der Waals surface area contributed by atoms with E-state index in [1.807, 2.05) is 14.0 Å². The van der Waals surface area contributed by atoms with Crippen LogP contribution in [0.4, 0.5) is 0 Å². The Morgan fingerprint density at radius 1 is 1.50 bits per heavy atom. The van der Waals surface area contributed by atoms with Crippen LogP contribution in [0.2, 0.25) is 0 Å². The Bertz CT molecular complexity index is 174. The van der Waals surface area contributed by atoms with Gasteiger partial charge in [0.25, 0.3) is 0 Å². The molecule has 3 nitrogen and oxygen atoms in total. The average molecular weight is 165 g/mol. The molecule has 0 saturated heterocycles. The molecule has 0 rings (SSSR count). The molecule has 0 spiro atoms. The van der Waals surface area contributed by atoms with Crippen LogP contribution < -0.4 is 5.32 Å². The first-order valence-electron chi connectivity index (χ1n) is 3.30. The summed E-state index contributed by atoms with van der Waals surface area (Å²) in [4.78, 5) is 0. The smallest absolute Gasteiger partial charge is 0.147 e. The van der Waals surface area contributed by atoms with Gasteiger partial charge in [-0.1, -0.05) is 0 Å². The first kappa shape index (κ1) is 9.91. The third-order valence-electron chi connectivity index (χ3n) is 1.41. The van der Waals surface area contributed by atoms with E-state index >= 15 is 0 Å². The molecule has 4 heteroatoms. The van der Waals surface area contributed by atoms with Gasteiger partial charge in [0, 0.05) is 12.3 Å². The Labute approximate surface area is 62.7 Å². The van der Waals surface area contributed by atoms with Gasteiger partial charge in [0.05, 0.1) is 5.75 Å². The Morgan fingerprint density at radius 2 is 2.00 bits per heavy atom. The lowest BCUT2D eigenvalue weighted by atomic mass is 10.3. The number of hydrogen-bond donors (Lipinski definition) is 1. The second-order valence-corrected chi connectivity index (χ2v) is 4.87. The molecule has 1 atom stereocenters. The molecule has 0 radical (unpaired) electrons. The van der Waals surface area contributed by atoms with Crippen molar-refractivity contribution >= 4 is 9.84 Å². The molecule has 0 heterocycles. The summed E-state index contributed by atoms with van der Waals surface area (Å²) in [5.41, 5.74) is 0. The fraction of sp³-hybridized carbons (Fsp3) is 1.00.